The number of rotatable bonds is 5. The van der Waals surface area contributed by atoms with Crippen LogP contribution in [0, 0.1) is 13.8 Å². The van der Waals surface area contributed by atoms with Crippen LogP contribution in [0.3, 0.4) is 0 Å². The minimum absolute atomic E-state index is 0. The maximum absolute atomic E-state index is 11.8. The predicted molar refractivity (Wildman–Crippen MR) is 90.1 cm³/mol. The molecule has 0 radical (unpaired) electrons. The first-order valence-electron chi connectivity index (χ1n) is 6.23. The predicted octanol–water partition coefficient (Wildman–Crippen LogP) is 3.08. The van der Waals surface area contributed by atoms with Gasteiger partial charge >= 0.3 is 0 Å². The number of nitrogens with zero attached hydrogens (tertiary/aromatic N) is 1. The number of thiazole rings is 1. The van der Waals surface area contributed by atoms with Crippen LogP contribution in [-0.4, -0.2) is 16.9 Å². The molecule has 1 aromatic heterocycles. The number of nitrogens with two attached hydrogens (primary N) is 1. The van der Waals surface area contributed by atoms with E-state index in [0.717, 1.165) is 10.7 Å². The van der Waals surface area contributed by atoms with Crippen molar-refractivity contribution in [3.63, 3.8) is 0 Å². The molecule has 0 saturated heterocycles. The standard InChI is InChI=1S/C13H23N3OS.2ClH/c1-8(14)6-7-11(17)16-13(4,5)12-15-9(2)10(3)18-12;;/h8H,6-7,14H2,1-5H3,(H,16,17);2*1H. The Hall–Kier alpha value is -0.360. The molecule has 0 fully saturated rings. The summed E-state index contributed by atoms with van der Waals surface area (Å²) in [5, 5.41) is 3.97. The molecule has 0 aromatic carbocycles. The van der Waals surface area contributed by atoms with E-state index in [2.05, 4.69) is 10.3 Å². The highest BCUT2D eigenvalue weighted by Gasteiger charge is 2.26. The Morgan fingerprint density at radius 1 is 1.40 bits per heavy atom. The van der Waals surface area contributed by atoms with Gasteiger partial charge in [0.2, 0.25) is 5.91 Å². The van der Waals surface area contributed by atoms with Gasteiger partial charge in [0.1, 0.15) is 5.01 Å². The van der Waals surface area contributed by atoms with E-state index in [1.54, 1.807) is 11.3 Å². The van der Waals surface area contributed by atoms with Crippen molar-refractivity contribution in [3.8, 4) is 0 Å². The minimum atomic E-state index is -0.418. The smallest absolute Gasteiger partial charge is 0.220 e. The number of aryl methyl sites for hydroxylation is 2. The molecule has 1 aromatic rings. The van der Waals surface area contributed by atoms with Gasteiger partial charge in [0.05, 0.1) is 11.2 Å². The van der Waals surface area contributed by atoms with Crippen LogP contribution < -0.4 is 11.1 Å². The summed E-state index contributed by atoms with van der Waals surface area (Å²) in [5.74, 6) is 0.0304. The topological polar surface area (TPSA) is 68.0 Å². The first-order valence-corrected chi connectivity index (χ1v) is 7.05. The molecule has 0 aliphatic carbocycles. The lowest BCUT2D eigenvalue weighted by molar-refractivity contribution is -0.122. The average Bonchev–Trinajstić information content (AvgIpc) is 2.56. The molecular formula is C13H25Cl2N3OS. The number of halogens is 2. The van der Waals surface area contributed by atoms with Crippen molar-refractivity contribution in [2.45, 2.75) is 59.0 Å². The average molecular weight is 342 g/mol. The number of hydrogen-bond acceptors (Lipinski definition) is 4. The zero-order valence-corrected chi connectivity index (χ0v) is 15.1. The number of carbonyl (C=O) groups excluding carboxylic acids is 1. The molecule has 4 nitrogen and oxygen atoms in total. The van der Waals surface area contributed by atoms with Crippen LogP contribution in [-0.2, 0) is 10.3 Å². The second-order valence-electron chi connectivity index (χ2n) is 5.35. The Morgan fingerprint density at radius 2 is 1.95 bits per heavy atom. The lowest BCUT2D eigenvalue weighted by Crippen LogP contribution is -2.41. The summed E-state index contributed by atoms with van der Waals surface area (Å²) in [6.45, 7) is 9.91. The number of amides is 1. The molecule has 0 saturated carbocycles. The van der Waals surface area contributed by atoms with E-state index in [1.165, 1.54) is 4.88 Å². The zero-order chi connectivity index (χ0) is 13.9. The van der Waals surface area contributed by atoms with Crippen LogP contribution in [0.5, 0.6) is 0 Å². The highest BCUT2D eigenvalue weighted by molar-refractivity contribution is 7.11. The molecule has 7 heteroatoms. The van der Waals surface area contributed by atoms with Crippen molar-refractivity contribution < 1.29 is 4.79 Å². The Balaban J connectivity index is 0. The molecule has 20 heavy (non-hydrogen) atoms. The van der Waals surface area contributed by atoms with Crippen LogP contribution in [0.4, 0.5) is 0 Å². The van der Waals surface area contributed by atoms with Crippen molar-refractivity contribution in [1.82, 2.24) is 10.3 Å². The summed E-state index contributed by atoms with van der Waals surface area (Å²) < 4.78 is 0. The Morgan fingerprint density at radius 3 is 2.35 bits per heavy atom. The first kappa shape index (κ1) is 21.9. The monoisotopic (exact) mass is 341 g/mol. The zero-order valence-electron chi connectivity index (χ0n) is 12.6. The van der Waals surface area contributed by atoms with Gasteiger partial charge in [-0.1, -0.05) is 0 Å². The fourth-order valence-electron chi connectivity index (χ4n) is 1.56. The maximum atomic E-state index is 11.8. The highest BCUT2D eigenvalue weighted by atomic mass is 35.5. The Bertz CT molecular complexity index is 414. The van der Waals surface area contributed by atoms with E-state index in [-0.39, 0.29) is 36.8 Å². The summed E-state index contributed by atoms with van der Waals surface area (Å²) in [4.78, 5) is 17.5. The summed E-state index contributed by atoms with van der Waals surface area (Å²) in [7, 11) is 0. The molecule has 3 N–H and O–H groups in total. The van der Waals surface area contributed by atoms with Crippen molar-refractivity contribution in [1.29, 1.82) is 0 Å². The number of nitrogens with one attached hydrogen (secondary N) is 1. The second-order valence-corrected chi connectivity index (χ2v) is 6.55. The summed E-state index contributed by atoms with van der Waals surface area (Å²) in [6.07, 6.45) is 1.17. The minimum Gasteiger partial charge on any atom is -0.345 e. The van der Waals surface area contributed by atoms with E-state index in [1.807, 2.05) is 34.6 Å². The summed E-state index contributed by atoms with van der Waals surface area (Å²) >= 11 is 1.64. The van der Waals surface area contributed by atoms with Crippen LogP contribution in [0.2, 0.25) is 0 Å². The van der Waals surface area contributed by atoms with Gasteiger partial charge in [-0.2, -0.15) is 0 Å². The Labute approximate surface area is 137 Å². The first-order chi connectivity index (χ1) is 8.22. The van der Waals surface area contributed by atoms with Gasteiger partial charge in [-0.15, -0.1) is 36.2 Å². The van der Waals surface area contributed by atoms with Crippen molar-refractivity contribution in [2.24, 2.45) is 5.73 Å². The number of carbonyl (C=O) groups is 1. The van der Waals surface area contributed by atoms with E-state index < -0.39 is 5.54 Å². The molecule has 1 rings (SSSR count). The highest BCUT2D eigenvalue weighted by Crippen LogP contribution is 2.27. The van der Waals surface area contributed by atoms with Crippen molar-refractivity contribution >= 4 is 42.1 Å². The lowest BCUT2D eigenvalue weighted by atomic mass is 10.1. The maximum Gasteiger partial charge on any atom is 0.220 e. The van der Waals surface area contributed by atoms with Crippen LogP contribution in [0.15, 0.2) is 0 Å². The molecule has 0 aliphatic heterocycles. The third-order valence-electron chi connectivity index (χ3n) is 2.84. The van der Waals surface area contributed by atoms with E-state index in [9.17, 15) is 4.79 Å². The Kier molecular flexibility index (Phi) is 9.67. The van der Waals surface area contributed by atoms with Gasteiger partial charge in [0.25, 0.3) is 0 Å². The quantitative estimate of drug-likeness (QED) is 0.864. The van der Waals surface area contributed by atoms with E-state index in [4.69, 9.17) is 5.73 Å². The SMILES string of the molecule is Cc1nc(C(C)(C)NC(=O)CCC(C)N)sc1C.Cl.Cl. The van der Waals surface area contributed by atoms with E-state index >= 15 is 0 Å². The van der Waals surface area contributed by atoms with Gasteiger partial charge in [-0.25, -0.2) is 4.98 Å². The molecule has 1 amide bonds. The van der Waals surface area contributed by atoms with Crippen LogP contribution in [0.25, 0.3) is 0 Å². The van der Waals surface area contributed by atoms with Crippen molar-refractivity contribution in [3.05, 3.63) is 15.6 Å². The molecular weight excluding hydrogens is 317 g/mol. The van der Waals surface area contributed by atoms with Crippen molar-refractivity contribution in [2.75, 3.05) is 0 Å². The molecule has 1 heterocycles. The summed E-state index contributed by atoms with van der Waals surface area (Å²) in [6, 6.07) is 0.0585. The largest absolute Gasteiger partial charge is 0.345 e. The molecule has 0 bridgehead atoms. The van der Waals surface area contributed by atoms with Crippen LogP contribution in [0.1, 0.15) is 49.2 Å². The van der Waals surface area contributed by atoms with Gasteiger partial charge in [-0.05, 0) is 41.0 Å². The summed E-state index contributed by atoms with van der Waals surface area (Å²) in [5.41, 5.74) is 6.27. The molecule has 1 unspecified atom stereocenters. The second kappa shape index (κ2) is 8.82. The molecule has 1 atom stereocenters. The normalized spacial score (nSPS) is 12.1. The third-order valence-corrected chi connectivity index (χ3v) is 4.24. The fourth-order valence-corrected chi connectivity index (χ4v) is 2.54. The van der Waals surface area contributed by atoms with Gasteiger partial charge in [0.15, 0.2) is 0 Å². The number of hydrogen-bond donors (Lipinski definition) is 2. The van der Waals surface area contributed by atoms with Gasteiger partial charge < -0.3 is 11.1 Å². The third kappa shape index (κ3) is 6.39. The van der Waals surface area contributed by atoms with E-state index in [0.29, 0.717) is 12.8 Å². The molecule has 0 aliphatic rings. The van der Waals surface area contributed by atoms with Gasteiger partial charge in [0, 0.05) is 17.3 Å². The van der Waals surface area contributed by atoms with Crippen LogP contribution >= 0.6 is 36.2 Å². The molecule has 118 valence electrons. The molecule has 0 spiro atoms. The number of aromatic nitrogens is 1. The lowest BCUT2D eigenvalue weighted by Gasteiger charge is -2.24. The fraction of sp³-hybridized carbons (Fsp3) is 0.692. The van der Waals surface area contributed by atoms with Gasteiger partial charge in [-0.3, -0.25) is 4.79 Å².